The summed E-state index contributed by atoms with van der Waals surface area (Å²) in [4.78, 5) is 11.5. The molecule has 1 aromatic rings. The van der Waals surface area contributed by atoms with E-state index in [1.807, 2.05) is 24.3 Å². The van der Waals surface area contributed by atoms with Gasteiger partial charge in [0, 0.05) is 12.1 Å². The molecule has 0 unspecified atom stereocenters. The molecule has 3 nitrogen and oxygen atoms in total. The molecule has 0 aliphatic carbocycles. The summed E-state index contributed by atoms with van der Waals surface area (Å²) in [6.07, 6.45) is 4.38. The highest BCUT2D eigenvalue weighted by Crippen LogP contribution is 2.16. The Morgan fingerprint density at radius 3 is 2.61 bits per heavy atom. The Morgan fingerprint density at radius 2 is 2.00 bits per heavy atom. The van der Waals surface area contributed by atoms with Crippen molar-refractivity contribution in [1.82, 2.24) is 0 Å². The van der Waals surface area contributed by atoms with Gasteiger partial charge in [0.1, 0.15) is 5.75 Å². The first kappa shape index (κ1) is 14.6. The molecule has 0 heterocycles. The molecule has 99 valence electrons. The Morgan fingerprint density at radius 1 is 1.28 bits per heavy atom. The molecule has 0 aliphatic heterocycles. The first-order valence-electron chi connectivity index (χ1n) is 6.58. The van der Waals surface area contributed by atoms with Gasteiger partial charge in [0.05, 0.1) is 6.61 Å². The minimum atomic E-state index is 0.0718. The topological polar surface area (TPSA) is 38.3 Å². The number of nitrogens with one attached hydrogen (secondary N) is 1. The van der Waals surface area contributed by atoms with Crippen LogP contribution in [0.3, 0.4) is 0 Å². The zero-order chi connectivity index (χ0) is 13.2. The highest BCUT2D eigenvalue weighted by atomic mass is 16.5. The summed E-state index contributed by atoms with van der Waals surface area (Å²) in [6.45, 7) is 6.52. The lowest BCUT2D eigenvalue weighted by atomic mass is 10.2. The molecule has 0 aliphatic rings. The first-order chi connectivity index (χ1) is 8.76. The molecule has 0 saturated carbocycles. The Labute approximate surface area is 110 Å². The molecule has 3 heteroatoms. The van der Waals surface area contributed by atoms with Crippen LogP contribution in [-0.4, -0.2) is 12.5 Å². The molecule has 0 atom stereocenters. The van der Waals surface area contributed by atoms with Crippen molar-refractivity contribution in [2.24, 2.45) is 0 Å². The maximum absolute atomic E-state index is 11.5. The van der Waals surface area contributed by atoms with Crippen LogP contribution in [0.5, 0.6) is 5.75 Å². The van der Waals surface area contributed by atoms with E-state index < -0.39 is 0 Å². The van der Waals surface area contributed by atoms with Crippen molar-refractivity contribution < 1.29 is 9.53 Å². The van der Waals surface area contributed by atoms with Gasteiger partial charge in [-0.05, 0) is 37.1 Å². The van der Waals surface area contributed by atoms with Crippen LogP contribution < -0.4 is 10.1 Å². The van der Waals surface area contributed by atoms with E-state index in [1.54, 1.807) is 0 Å². The molecule has 0 bridgehead atoms. The predicted molar refractivity (Wildman–Crippen MR) is 74.7 cm³/mol. The maximum Gasteiger partial charge on any atom is 0.224 e. The van der Waals surface area contributed by atoms with Crippen molar-refractivity contribution in [3.63, 3.8) is 0 Å². The van der Waals surface area contributed by atoms with E-state index in [0.29, 0.717) is 13.0 Å². The highest BCUT2D eigenvalue weighted by Gasteiger charge is 2.01. The van der Waals surface area contributed by atoms with Gasteiger partial charge in [0.2, 0.25) is 5.91 Å². The van der Waals surface area contributed by atoms with Crippen molar-refractivity contribution in [3.05, 3.63) is 31.2 Å². The van der Waals surface area contributed by atoms with E-state index in [1.165, 1.54) is 0 Å². The summed E-state index contributed by atoms with van der Waals surface area (Å²) in [5.41, 5.74) is 0.820. The summed E-state index contributed by atoms with van der Waals surface area (Å²) in [6, 6.07) is 7.48. The first-order valence-corrected chi connectivity index (χ1v) is 6.58. The van der Waals surface area contributed by atoms with E-state index in [2.05, 4.69) is 19.2 Å². The normalized spacial score (nSPS) is 10.1. The molecule has 1 amide bonds. The van der Waals surface area contributed by atoms with E-state index in [0.717, 1.165) is 37.1 Å². The molecule has 1 aromatic carbocycles. The summed E-state index contributed by atoms with van der Waals surface area (Å²) < 4.78 is 5.52. The third-order valence-corrected chi connectivity index (χ3v) is 2.56. The molecule has 1 radical (unpaired) electrons. The van der Waals surface area contributed by atoms with E-state index in [-0.39, 0.29) is 5.91 Å². The lowest BCUT2D eigenvalue weighted by molar-refractivity contribution is -0.116. The molecular formula is C15H22NO2. The van der Waals surface area contributed by atoms with Crippen molar-refractivity contribution in [2.75, 3.05) is 11.9 Å². The average molecular weight is 248 g/mol. The number of carbonyl (C=O) groups excluding carboxylic acids is 1. The SMILES string of the molecule is [CH2]CCCOc1ccc(NC(=O)CCCC)cc1. The third-order valence-electron chi connectivity index (χ3n) is 2.56. The number of hydrogen-bond acceptors (Lipinski definition) is 2. The quantitative estimate of drug-likeness (QED) is 0.710. The maximum atomic E-state index is 11.5. The Hall–Kier alpha value is -1.51. The minimum Gasteiger partial charge on any atom is -0.494 e. The van der Waals surface area contributed by atoms with Crippen molar-refractivity contribution in [1.29, 1.82) is 0 Å². The van der Waals surface area contributed by atoms with Gasteiger partial charge < -0.3 is 10.1 Å². The van der Waals surface area contributed by atoms with Gasteiger partial charge in [-0.15, -0.1) is 0 Å². The Kier molecular flexibility index (Phi) is 6.92. The second-order valence-electron chi connectivity index (χ2n) is 4.23. The average Bonchev–Trinajstić information content (AvgIpc) is 2.39. The third kappa shape index (κ3) is 5.71. The molecule has 18 heavy (non-hydrogen) atoms. The second-order valence-corrected chi connectivity index (χ2v) is 4.23. The van der Waals surface area contributed by atoms with Gasteiger partial charge >= 0.3 is 0 Å². The molecular weight excluding hydrogens is 226 g/mol. The van der Waals surface area contributed by atoms with Crippen LogP contribution in [0, 0.1) is 6.92 Å². The van der Waals surface area contributed by atoms with Crippen molar-refractivity contribution in [3.8, 4) is 5.75 Å². The van der Waals surface area contributed by atoms with Gasteiger partial charge in [0.15, 0.2) is 0 Å². The molecule has 1 N–H and O–H groups in total. The summed E-state index contributed by atoms with van der Waals surface area (Å²) >= 11 is 0. The smallest absolute Gasteiger partial charge is 0.224 e. The summed E-state index contributed by atoms with van der Waals surface area (Å²) in [5.74, 6) is 0.901. The zero-order valence-corrected chi connectivity index (χ0v) is 11.1. The van der Waals surface area contributed by atoms with Crippen LogP contribution in [0.4, 0.5) is 5.69 Å². The monoisotopic (exact) mass is 248 g/mol. The predicted octanol–water partition coefficient (Wildman–Crippen LogP) is 3.81. The van der Waals surface area contributed by atoms with Crippen molar-refractivity contribution >= 4 is 11.6 Å². The number of rotatable bonds is 8. The number of benzene rings is 1. The molecule has 0 fully saturated rings. The van der Waals surface area contributed by atoms with Crippen LogP contribution >= 0.6 is 0 Å². The zero-order valence-electron chi connectivity index (χ0n) is 11.1. The van der Waals surface area contributed by atoms with E-state index in [4.69, 9.17) is 4.74 Å². The number of unbranched alkanes of at least 4 members (excludes halogenated alkanes) is 2. The lowest BCUT2D eigenvalue weighted by Gasteiger charge is -2.07. The van der Waals surface area contributed by atoms with Crippen LogP contribution in [0.15, 0.2) is 24.3 Å². The summed E-state index contributed by atoms with van der Waals surface area (Å²) in [7, 11) is 0. The fourth-order valence-electron chi connectivity index (χ4n) is 1.49. The largest absolute Gasteiger partial charge is 0.494 e. The summed E-state index contributed by atoms with van der Waals surface area (Å²) in [5, 5.41) is 2.87. The van der Waals surface area contributed by atoms with Gasteiger partial charge in [-0.1, -0.05) is 26.7 Å². The fraction of sp³-hybridized carbons (Fsp3) is 0.467. The number of carbonyl (C=O) groups is 1. The van der Waals surface area contributed by atoms with Crippen LogP contribution in [0.2, 0.25) is 0 Å². The lowest BCUT2D eigenvalue weighted by Crippen LogP contribution is -2.10. The number of anilines is 1. The van der Waals surface area contributed by atoms with Crippen LogP contribution in [0.1, 0.15) is 39.0 Å². The number of amides is 1. The van der Waals surface area contributed by atoms with Crippen LogP contribution in [0.25, 0.3) is 0 Å². The number of ether oxygens (including phenoxy) is 1. The van der Waals surface area contributed by atoms with Gasteiger partial charge in [-0.3, -0.25) is 4.79 Å². The van der Waals surface area contributed by atoms with E-state index >= 15 is 0 Å². The Balaban J connectivity index is 2.37. The van der Waals surface area contributed by atoms with E-state index in [9.17, 15) is 4.79 Å². The number of hydrogen-bond donors (Lipinski definition) is 1. The van der Waals surface area contributed by atoms with Crippen LogP contribution in [-0.2, 0) is 4.79 Å². The standard InChI is InChI=1S/C15H22NO2/c1-3-5-7-15(17)16-13-8-10-14(11-9-13)18-12-6-4-2/h8-11H,2-7,12H2,1H3,(H,16,17). The molecule has 1 rings (SSSR count). The van der Waals surface area contributed by atoms with Gasteiger partial charge in [-0.25, -0.2) is 0 Å². The van der Waals surface area contributed by atoms with Gasteiger partial charge in [0.25, 0.3) is 0 Å². The van der Waals surface area contributed by atoms with Gasteiger partial charge in [-0.2, -0.15) is 0 Å². The molecule has 0 saturated heterocycles. The highest BCUT2D eigenvalue weighted by molar-refractivity contribution is 5.90. The Bertz CT molecular complexity index is 346. The molecule has 0 aromatic heterocycles. The second kappa shape index (κ2) is 8.56. The molecule has 0 spiro atoms. The van der Waals surface area contributed by atoms with Crippen molar-refractivity contribution in [2.45, 2.75) is 39.0 Å². The minimum absolute atomic E-state index is 0.0718. The fourth-order valence-corrected chi connectivity index (χ4v) is 1.49.